The average Bonchev–Trinajstić information content (AvgIpc) is 2.18. The van der Waals surface area contributed by atoms with E-state index in [1.807, 2.05) is 42.5 Å². The molecule has 1 aromatic rings. The monoisotopic (exact) mass is 191 g/mol. The fourth-order valence-corrected chi connectivity index (χ4v) is 1.02. The molecule has 3 nitrogen and oxygen atoms in total. The molecular weight excluding hydrogens is 178 g/mol. The van der Waals surface area contributed by atoms with Gasteiger partial charge in [0.05, 0.1) is 6.54 Å². The van der Waals surface area contributed by atoms with E-state index in [0.29, 0.717) is 6.54 Å². The molecule has 0 aliphatic heterocycles. The molecule has 0 atom stereocenters. The number of carboxylic acid groups (broad SMARTS) is 1. The van der Waals surface area contributed by atoms with Crippen LogP contribution in [0.3, 0.4) is 0 Å². The summed E-state index contributed by atoms with van der Waals surface area (Å²) in [6.07, 6.45) is 3.85. The van der Waals surface area contributed by atoms with Gasteiger partial charge in [0.2, 0.25) is 0 Å². The molecule has 0 saturated heterocycles. The maximum Gasteiger partial charge on any atom is 0.317 e. The molecule has 3 heteroatoms. The Morgan fingerprint density at radius 1 is 1.36 bits per heavy atom. The van der Waals surface area contributed by atoms with Gasteiger partial charge in [-0.2, -0.15) is 0 Å². The van der Waals surface area contributed by atoms with Gasteiger partial charge in [0, 0.05) is 6.54 Å². The van der Waals surface area contributed by atoms with Gasteiger partial charge in [0.15, 0.2) is 0 Å². The van der Waals surface area contributed by atoms with Gasteiger partial charge >= 0.3 is 5.97 Å². The molecule has 2 N–H and O–H groups in total. The number of benzene rings is 1. The maximum absolute atomic E-state index is 10.1. The highest BCUT2D eigenvalue weighted by Gasteiger charge is 1.91. The van der Waals surface area contributed by atoms with Crippen molar-refractivity contribution in [3.63, 3.8) is 0 Å². The molecular formula is C11H13NO2. The van der Waals surface area contributed by atoms with Crippen LogP contribution in [0.2, 0.25) is 0 Å². The minimum Gasteiger partial charge on any atom is -0.480 e. The quantitative estimate of drug-likeness (QED) is 0.691. The molecule has 0 radical (unpaired) electrons. The van der Waals surface area contributed by atoms with Crippen molar-refractivity contribution >= 4 is 12.0 Å². The van der Waals surface area contributed by atoms with Crippen molar-refractivity contribution in [3.05, 3.63) is 42.0 Å². The third-order valence-corrected chi connectivity index (χ3v) is 1.65. The Hall–Kier alpha value is -1.61. The zero-order valence-electron chi connectivity index (χ0n) is 7.81. The Morgan fingerprint density at radius 2 is 2.07 bits per heavy atom. The predicted molar refractivity (Wildman–Crippen MR) is 56.0 cm³/mol. The first-order chi connectivity index (χ1) is 6.79. The fourth-order valence-electron chi connectivity index (χ4n) is 1.02. The van der Waals surface area contributed by atoms with Crippen LogP contribution in [0.1, 0.15) is 5.56 Å². The fraction of sp³-hybridized carbons (Fsp3) is 0.182. The van der Waals surface area contributed by atoms with Gasteiger partial charge in [-0.1, -0.05) is 42.5 Å². The Morgan fingerprint density at radius 3 is 2.71 bits per heavy atom. The van der Waals surface area contributed by atoms with Gasteiger partial charge in [0.25, 0.3) is 0 Å². The van der Waals surface area contributed by atoms with Gasteiger partial charge in [-0.05, 0) is 5.56 Å². The molecule has 0 saturated carbocycles. The van der Waals surface area contributed by atoms with Gasteiger partial charge in [0.1, 0.15) is 0 Å². The Labute approximate surface area is 83.1 Å². The molecule has 1 rings (SSSR count). The highest BCUT2D eigenvalue weighted by atomic mass is 16.4. The molecule has 14 heavy (non-hydrogen) atoms. The van der Waals surface area contributed by atoms with Crippen molar-refractivity contribution in [1.29, 1.82) is 0 Å². The van der Waals surface area contributed by atoms with Crippen molar-refractivity contribution in [3.8, 4) is 0 Å². The molecule has 74 valence electrons. The zero-order valence-corrected chi connectivity index (χ0v) is 7.81. The second-order valence-corrected chi connectivity index (χ2v) is 2.84. The lowest BCUT2D eigenvalue weighted by Gasteiger charge is -1.95. The largest absolute Gasteiger partial charge is 0.480 e. The standard InChI is InChI=1S/C11H13NO2/c13-11(14)9-12-8-4-7-10-5-2-1-3-6-10/h1-7,12H,8-9H2,(H,13,14). The van der Waals surface area contributed by atoms with Crippen LogP contribution < -0.4 is 5.32 Å². The van der Waals surface area contributed by atoms with E-state index < -0.39 is 5.97 Å². The number of hydrogen-bond donors (Lipinski definition) is 2. The van der Waals surface area contributed by atoms with Crippen molar-refractivity contribution in [2.75, 3.05) is 13.1 Å². The first kappa shape index (κ1) is 10.5. The Balaban J connectivity index is 2.25. The maximum atomic E-state index is 10.1. The second-order valence-electron chi connectivity index (χ2n) is 2.84. The van der Waals surface area contributed by atoms with E-state index in [9.17, 15) is 4.79 Å². The van der Waals surface area contributed by atoms with Gasteiger partial charge < -0.3 is 10.4 Å². The highest BCUT2D eigenvalue weighted by molar-refractivity contribution is 5.69. The van der Waals surface area contributed by atoms with E-state index in [4.69, 9.17) is 5.11 Å². The van der Waals surface area contributed by atoms with Crippen LogP contribution in [0.15, 0.2) is 36.4 Å². The van der Waals surface area contributed by atoms with Crippen molar-refractivity contribution in [1.82, 2.24) is 5.32 Å². The van der Waals surface area contributed by atoms with Crippen LogP contribution >= 0.6 is 0 Å². The SMILES string of the molecule is O=C(O)CNCC=Cc1ccccc1. The van der Waals surface area contributed by atoms with Gasteiger partial charge in [-0.15, -0.1) is 0 Å². The Bertz CT molecular complexity index is 306. The van der Waals surface area contributed by atoms with Crippen LogP contribution in [0.4, 0.5) is 0 Å². The lowest BCUT2D eigenvalue weighted by Crippen LogP contribution is -2.22. The van der Waals surface area contributed by atoms with E-state index in [1.165, 1.54) is 0 Å². The smallest absolute Gasteiger partial charge is 0.317 e. The molecule has 0 bridgehead atoms. The molecule has 0 unspecified atom stereocenters. The Kier molecular flexibility index (Phi) is 4.44. The summed E-state index contributed by atoms with van der Waals surface area (Å²) in [6, 6.07) is 9.87. The first-order valence-corrected chi connectivity index (χ1v) is 4.43. The summed E-state index contributed by atoms with van der Waals surface area (Å²) in [4.78, 5) is 10.1. The third-order valence-electron chi connectivity index (χ3n) is 1.65. The van der Waals surface area contributed by atoms with Crippen LogP contribution in [-0.2, 0) is 4.79 Å². The molecule has 0 aliphatic carbocycles. The third kappa shape index (κ3) is 4.42. The van der Waals surface area contributed by atoms with Crippen molar-refractivity contribution in [2.45, 2.75) is 0 Å². The number of carbonyl (C=O) groups is 1. The molecule has 0 spiro atoms. The van der Waals surface area contributed by atoms with Crippen LogP contribution in [-0.4, -0.2) is 24.2 Å². The van der Waals surface area contributed by atoms with E-state index in [-0.39, 0.29) is 6.54 Å². The molecule has 0 amide bonds. The number of rotatable bonds is 5. The first-order valence-electron chi connectivity index (χ1n) is 4.43. The lowest BCUT2D eigenvalue weighted by molar-refractivity contribution is -0.135. The number of hydrogen-bond acceptors (Lipinski definition) is 2. The van der Waals surface area contributed by atoms with Crippen LogP contribution in [0.5, 0.6) is 0 Å². The minimum atomic E-state index is -0.835. The lowest BCUT2D eigenvalue weighted by atomic mass is 10.2. The highest BCUT2D eigenvalue weighted by Crippen LogP contribution is 1.99. The van der Waals surface area contributed by atoms with E-state index in [0.717, 1.165) is 5.56 Å². The van der Waals surface area contributed by atoms with Crippen molar-refractivity contribution in [2.24, 2.45) is 0 Å². The van der Waals surface area contributed by atoms with Crippen LogP contribution in [0.25, 0.3) is 6.08 Å². The minimum absolute atomic E-state index is 0.000863. The summed E-state index contributed by atoms with van der Waals surface area (Å²) in [5, 5.41) is 11.1. The molecule has 0 aromatic heterocycles. The summed E-state index contributed by atoms with van der Waals surface area (Å²) in [5.74, 6) is -0.835. The second kappa shape index (κ2) is 5.94. The number of nitrogens with one attached hydrogen (secondary N) is 1. The average molecular weight is 191 g/mol. The zero-order chi connectivity index (χ0) is 10.2. The summed E-state index contributed by atoms with van der Waals surface area (Å²) in [5.41, 5.74) is 1.12. The van der Waals surface area contributed by atoms with Gasteiger partial charge in [-0.3, -0.25) is 4.79 Å². The van der Waals surface area contributed by atoms with Crippen molar-refractivity contribution < 1.29 is 9.90 Å². The van der Waals surface area contributed by atoms with E-state index in [2.05, 4.69) is 5.32 Å². The summed E-state index contributed by atoms with van der Waals surface area (Å²) in [7, 11) is 0. The summed E-state index contributed by atoms with van der Waals surface area (Å²) in [6.45, 7) is 0.570. The number of carboxylic acids is 1. The van der Waals surface area contributed by atoms with Gasteiger partial charge in [-0.25, -0.2) is 0 Å². The molecule has 0 aliphatic rings. The summed E-state index contributed by atoms with van der Waals surface area (Å²) >= 11 is 0. The number of aliphatic carboxylic acids is 1. The predicted octanol–water partition coefficient (Wildman–Crippen LogP) is 1.37. The molecule has 0 fully saturated rings. The normalized spacial score (nSPS) is 10.6. The van der Waals surface area contributed by atoms with E-state index >= 15 is 0 Å². The topological polar surface area (TPSA) is 49.3 Å². The van der Waals surface area contributed by atoms with Crippen LogP contribution in [0, 0.1) is 0 Å². The summed E-state index contributed by atoms with van der Waals surface area (Å²) < 4.78 is 0. The van der Waals surface area contributed by atoms with E-state index in [1.54, 1.807) is 0 Å². The molecule has 1 aromatic carbocycles. The molecule has 0 heterocycles.